The number of amides is 1. The minimum Gasteiger partial charge on any atom is -0.457 e. The molecule has 0 heterocycles. The number of ether oxygens (including phenoxy) is 1. The Morgan fingerprint density at radius 3 is 2.35 bits per heavy atom. The highest BCUT2D eigenvalue weighted by Gasteiger charge is 2.15. The smallest absolute Gasteiger partial charge is 0.340 e. The molecule has 5 heteroatoms. The summed E-state index contributed by atoms with van der Waals surface area (Å²) < 4.78 is 18.4. The molecule has 1 N–H and O–H groups in total. The van der Waals surface area contributed by atoms with Crippen LogP contribution in [0.1, 0.15) is 21.5 Å². The summed E-state index contributed by atoms with van der Waals surface area (Å²) in [6.07, 6.45) is 0.181. The molecule has 0 aromatic heterocycles. The lowest BCUT2D eigenvalue weighted by Crippen LogP contribution is -2.17. The van der Waals surface area contributed by atoms with Gasteiger partial charge in [-0.15, -0.1) is 0 Å². The van der Waals surface area contributed by atoms with Crippen LogP contribution in [0.15, 0.2) is 91.0 Å². The fourth-order valence-corrected chi connectivity index (χ4v) is 3.39. The molecule has 0 bridgehead atoms. The summed E-state index contributed by atoms with van der Waals surface area (Å²) in [6.45, 7) is 0.0113. The van der Waals surface area contributed by atoms with E-state index in [1.807, 2.05) is 42.5 Å². The first-order valence-corrected chi connectivity index (χ1v) is 9.87. The molecule has 0 aliphatic carbocycles. The van der Waals surface area contributed by atoms with E-state index in [2.05, 4.69) is 5.32 Å². The monoisotopic (exact) mass is 413 g/mol. The van der Waals surface area contributed by atoms with E-state index < -0.39 is 5.97 Å². The first kappa shape index (κ1) is 20.3. The van der Waals surface area contributed by atoms with Gasteiger partial charge >= 0.3 is 5.97 Å². The zero-order valence-corrected chi connectivity index (χ0v) is 16.7. The number of hydrogen-bond donors (Lipinski definition) is 1. The molecule has 0 fully saturated rings. The standard InChI is InChI=1S/C26H20FNO3/c27-21-14-12-18(13-15-21)17-31-26(30)23-10-3-4-11-24(23)28-25(29)16-20-8-5-7-19-6-1-2-9-22(19)20/h1-15H,16-17H2,(H,28,29). The van der Waals surface area contributed by atoms with Gasteiger partial charge in [0, 0.05) is 0 Å². The molecule has 1 amide bonds. The van der Waals surface area contributed by atoms with E-state index in [4.69, 9.17) is 4.74 Å². The van der Waals surface area contributed by atoms with E-state index in [0.29, 0.717) is 11.3 Å². The molecule has 4 aromatic carbocycles. The number of carbonyl (C=O) groups excluding carboxylic acids is 2. The summed E-state index contributed by atoms with van der Waals surface area (Å²) >= 11 is 0. The molecule has 0 spiro atoms. The van der Waals surface area contributed by atoms with Crippen LogP contribution in [0.25, 0.3) is 10.8 Å². The van der Waals surface area contributed by atoms with Crippen LogP contribution in [0.2, 0.25) is 0 Å². The quantitative estimate of drug-likeness (QED) is 0.424. The van der Waals surface area contributed by atoms with Gasteiger partial charge in [0.05, 0.1) is 17.7 Å². The van der Waals surface area contributed by atoms with Crippen LogP contribution in [-0.4, -0.2) is 11.9 Å². The van der Waals surface area contributed by atoms with Gasteiger partial charge in [-0.25, -0.2) is 9.18 Å². The van der Waals surface area contributed by atoms with Gasteiger partial charge in [0.1, 0.15) is 12.4 Å². The second kappa shape index (κ2) is 9.22. The fourth-order valence-electron chi connectivity index (χ4n) is 3.39. The Labute approximate surface area is 179 Å². The number of carbonyl (C=O) groups is 2. The average molecular weight is 413 g/mol. The van der Waals surface area contributed by atoms with E-state index >= 15 is 0 Å². The first-order chi connectivity index (χ1) is 15.1. The van der Waals surface area contributed by atoms with Crippen molar-refractivity contribution in [3.63, 3.8) is 0 Å². The zero-order chi connectivity index (χ0) is 21.6. The molecule has 0 unspecified atom stereocenters. The predicted molar refractivity (Wildman–Crippen MR) is 118 cm³/mol. The molecule has 0 atom stereocenters. The molecule has 4 rings (SSSR count). The Balaban J connectivity index is 1.45. The largest absolute Gasteiger partial charge is 0.457 e. The summed E-state index contributed by atoms with van der Waals surface area (Å²) in [5.74, 6) is -1.14. The van der Waals surface area contributed by atoms with E-state index in [1.165, 1.54) is 12.1 Å². The van der Waals surface area contributed by atoms with Gasteiger partial charge in [0.15, 0.2) is 0 Å². The minimum absolute atomic E-state index is 0.0113. The zero-order valence-electron chi connectivity index (χ0n) is 16.7. The normalized spacial score (nSPS) is 10.6. The van der Waals surface area contributed by atoms with Crippen molar-refractivity contribution in [3.05, 3.63) is 114 Å². The van der Waals surface area contributed by atoms with Crippen molar-refractivity contribution in [3.8, 4) is 0 Å². The van der Waals surface area contributed by atoms with Gasteiger partial charge in [-0.3, -0.25) is 4.79 Å². The topological polar surface area (TPSA) is 55.4 Å². The highest BCUT2D eigenvalue weighted by Crippen LogP contribution is 2.21. The number of fused-ring (bicyclic) bond motifs is 1. The number of benzene rings is 4. The van der Waals surface area contributed by atoms with Crippen molar-refractivity contribution >= 4 is 28.3 Å². The summed E-state index contributed by atoms with van der Waals surface area (Å²) in [4.78, 5) is 25.3. The summed E-state index contributed by atoms with van der Waals surface area (Å²) in [7, 11) is 0. The van der Waals surface area contributed by atoms with Crippen molar-refractivity contribution in [1.82, 2.24) is 0 Å². The predicted octanol–water partition coefficient (Wildman–Crippen LogP) is 5.52. The molecule has 4 nitrogen and oxygen atoms in total. The Hall–Kier alpha value is -3.99. The lowest BCUT2D eigenvalue weighted by molar-refractivity contribution is -0.115. The minimum atomic E-state index is -0.564. The summed E-state index contributed by atoms with van der Waals surface area (Å²) in [5.41, 5.74) is 2.23. The van der Waals surface area contributed by atoms with Crippen LogP contribution in [0.4, 0.5) is 10.1 Å². The molecule has 0 aliphatic rings. The van der Waals surface area contributed by atoms with E-state index in [-0.39, 0.29) is 30.3 Å². The number of hydrogen-bond acceptors (Lipinski definition) is 3. The van der Waals surface area contributed by atoms with Crippen LogP contribution < -0.4 is 5.32 Å². The lowest BCUT2D eigenvalue weighted by Gasteiger charge is -2.12. The SMILES string of the molecule is O=C(Cc1cccc2ccccc12)Nc1ccccc1C(=O)OCc1ccc(F)cc1. The van der Waals surface area contributed by atoms with Crippen molar-refractivity contribution in [1.29, 1.82) is 0 Å². The van der Waals surface area contributed by atoms with Gasteiger partial charge in [-0.2, -0.15) is 0 Å². The van der Waals surface area contributed by atoms with Crippen LogP contribution >= 0.6 is 0 Å². The molecule has 0 aliphatic heterocycles. The number of nitrogens with one attached hydrogen (secondary N) is 1. The fraction of sp³-hybridized carbons (Fsp3) is 0.0769. The summed E-state index contributed by atoms with van der Waals surface area (Å²) in [5, 5.41) is 4.91. The van der Waals surface area contributed by atoms with Crippen molar-refractivity contribution in [2.45, 2.75) is 13.0 Å². The second-order valence-electron chi connectivity index (χ2n) is 7.11. The van der Waals surface area contributed by atoms with Crippen molar-refractivity contribution in [2.24, 2.45) is 0 Å². The van der Waals surface area contributed by atoms with Crippen LogP contribution in [0.3, 0.4) is 0 Å². The molecule has 31 heavy (non-hydrogen) atoms. The molecular formula is C26H20FNO3. The molecule has 0 saturated heterocycles. The molecular weight excluding hydrogens is 393 g/mol. The maximum atomic E-state index is 13.0. The van der Waals surface area contributed by atoms with Crippen molar-refractivity contribution in [2.75, 3.05) is 5.32 Å². The Morgan fingerprint density at radius 1 is 0.806 bits per heavy atom. The Bertz CT molecular complexity index is 1230. The Kier molecular flexibility index (Phi) is 6.03. The number of esters is 1. The number of para-hydroxylation sites is 1. The van der Waals surface area contributed by atoms with Gasteiger partial charge in [0.25, 0.3) is 0 Å². The number of rotatable bonds is 6. The second-order valence-corrected chi connectivity index (χ2v) is 7.11. The Morgan fingerprint density at radius 2 is 1.52 bits per heavy atom. The molecule has 0 radical (unpaired) electrons. The van der Waals surface area contributed by atoms with Gasteiger partial charge in [-0.05, 0) is 46.2 Å². The molecule has 154 valence electrons. The third-order valence-electron chi connectivity index (χ3n) is 4.94. The third-order valence-corrected chi connectivity index (χ3v) is 4.94. The number of halogens is 1. The highest BCUT2D eigenvalue weighted by molar-refractivity contribution is 6.02. The van der Waals surface area contributed by atoms with E-state index in [1.54, 1.807) is 36.4 Å². The first-order valence-electron chi connectivity index (χ1n) is 9.87. The van der Waals surface area contributed by atoms with Crippen LogP contribution in [-0.2, 0) is 22.6 Å². The summed E-state index contributed by atoms with van der Waals surface area (Å²) in [6, 6.07) is 26.2. The maximum absolute atomic E-state index is 13.0. The van der Waals surface area contributed by atoms with Crippen LogP contribution in [0, 0.1) is 5.82 Å². The van der Waals surface area contributed by atoms with Gasteiger partial charge in [0.2, 0.25) is 5.91 Å². The van der Waals surface area contributed by atoms with Gasteiger partial charge < -0.3 is 10.1 Å². The van der Waals surface area contributed by atoms with Crippen LogP contribution in [0.5, 0.6) is 0 Å². The van der Waals surface area contributed by atoms with E-state index in [9.17, 15) is 14.0 Å². The lowest BCUT2D eigenvalue weighted by atomic mass is 10.0. The number of anilines is 1. The maximum Gasteiger partial charge on any atom is 0.340 e. The van der Waals surface area contributed by atoms with E-state index in [0.717, 1.165) is 16.3 Å². The molecule has 4 aromatic rings. The van der Waals surface area contributed by atoms with Gasteiger partial charge in [-0.1, -0.05) is 66.7 Å². The van der Waals surface area contributed by atoms with Crippen molar-refractivity contribution < 1.29 is 18.7 Å². The molecule has 0 saturated carbocycles. The highest BCUT2D eigenvalue weighted by atomic mass is 19.1. The third kappa shape index (κ3) is 4.95. The average Bonchev–Trinajstić information content (AvgIpc) is 2.79.